The molecule has 0 bridgehead atoms. The molecule has 3 aromatic rings. The predicted octanol–water partition coefficient (Wildman–Crippen LogP) is 4.05. The molecule has 150 valence electrons. The molecular weight excluding hydrogens is 360 g/mol. The van der Waals surface area contributed by atoms with Gasteiger partial charge in [-0.25, -0.2) is 4.68 Å². The number of aryl methyl sites for hydroxylation is 1. The van der Waals surface area contributed by atoms with E-state index in [1.807, 2.05) is 66.6 Å². The molecule has 0 spiro atoms. The molecule has 0 radical (unpaired) electrons. The summed E-state index contributed by atoms with van der Waals surface area (Å²) in [4.78, 5) is 15.5. The van der Waals surface area contributed by atoms with Crippen molar-refractivity contribution in [3.63, 3.8) is 0 Å². The van der Waals surface area contributed by atoms with Crippen LogP contribution in [0.15, 0.2) is 60.8 Å². The Hall–Kier alpha value is -2.92. The highest BCUT2D eigenvalue weighted by Gasteiger charge is 2.36. The molecule has 2 N–H and O–H groups in total. The Morgan fingerprint density at radius 1 is 1.14 bits per heavy atom. The number of para-hydroxylation sites is 1. The van der Waals surface area contributed by atoms with E-state index in [0.717, 1.165) is 28.9 Å². The van der Waals surface area contributed by atoms with Crippen LogP contribution in [-0.4, -0.2) is 39.7 Å². The number of aromatic nitrogens is 2. The number of carbonyl (C=O) groups excluding carboxylic acids is 1. The molecule has 1 fully saturated rings. The first-order chi connectivity index (χ1) is 13.8. The van der Waals surface area contributed by atoms with Crippen molar-refractivity contribution in [2.45, 2.75) is 33.2 Å². The van der Waals surface area contributed by atoms with Gasteiger partial charge < -0.3 is 10.6 Å². The van der Waals surface area contributed by atoms with Crippen LogP contribution in [0.25, 0.3) is 16.9 Å². The molecular formula is C24H28N4O. The van der Waals surface area contributed by atoms with Crippen molar-refractivity contribution in [3.05, 3.63) is 71.9 Å². The highest BCUT2D eigenvalue weighted by molar-refractivity contribution is 6.00. The van der Waals surface area contributed by atoms with Crippen LogP contribution in [0.2, 0.25) is 0 Å². The summed E-state index contributed by atoms with van der Waals surface area (Å²) in [6, 6.07) is 18.1. The predicted molar refractivity (Wildman–Crippen MR) is 116 cm³/mol. The van der Waals surface area contributed by atoms with Gasteiger partial charge in [0.25, 0.3) is 5.91 Å². The average Bonchev–Trinajstić information content (AvgIpc) is 3.15. The van der Waals surface area contributed by atoms with E-state index in [2.05, 4.69) is 19.9 Å². The van der Waals surface area contributed by atoms with Crippen molar-refractivity contribution in [1.29, 1.82) is 0 Å². The molecule has 5 heteroatoms. The molecule has 1 unspecified atom stereocenters. The van der Waals surface area contributed by atoms with Crippen LogP contribution in [0.3, 0.4) is 0 Å². The van der Waals surface area contributed by atoms with Crippen LogP contribution in [0.1, 0.15) is 36.2 Å². The second kappa shape index (κ2) is 7.48. The molecule has 2 heterocycles. The van der Waals surface area contributed by atoms with Crippen LogP contribution in [-0.2, 0) is 0 Å². The quantitative estimate of drug-likeness (QED) is 0.736. The third kappa shape index (κ3) is 3.83. The maximum absolute atomic E-state index is 13.5. The van der Waals surface area contributed by atoms with Crippen molar-refractivity contribution >= 4 is 5.91 Å². The molecule has 1 aliphatic rings. The Morgan fingerprint density at radius 3 is 2.59 bits per heavy atom. The molecule has 1 aliphatic heterocycles. The maximum Gasteiger partial charge on any atom is 0.257 e. The number of rotatable bonds is 3. The van der Waals surface area contributed by atoms with Gasteiger partial charge in [0.05, 0.1) is 11.3 Å². The minimum atomic E-state index is -0.104. The second-order valence-electron chi connectivity index (χ2n) is 8.65. The minimum Gasteiger partial charge on any atom is -0.338 e. The number of amides is 1. The zero-order chi connectivity index (χ0) is 20.6. The summed E-state index contributed by atoms with van der Waals surface area (Å²) in [7, 11) is 0. The van der Waals surface area contributed by atoms with Crippen molar-refractivity contribution in [1.82, 2.24) is 14.7 Å². The zero-order valence-corrected chi connectivity index (χ0v) is 17.3. The Bertz CT molecular complexity index is 1020. The Balaban J connectivity index is 1.77. The fourth-order valence-corrected chi connectivity index (χ4v) is 3.97. The number of hydrogen-bond acceptors (Lipinski definition) is 3. The van der Waals surface area contributed by atoms with E-state index in [9.17, 15) is 4.79 Å². The van der Waals surface area contributed by atoms with Crippen molar-refractivity contribution < 1.29 is 4.79 Å². The summed E-state index contributed by atoms with van der Waals surface area (Å²) < 4.78 is 1.80. The standard InChI is InChI=1S/C24H28N4O/c1-17-8-7-9-18(14-17)22-20(15-28(26-22)19-10-5-4-6-11-19)23(29)27-13-12-21(25)24(2,3)16-27/h4-11,14-15,21H,12-13,16,25H2,1-3H3. The first-order valence-corrected chi connectivity index (χ1v) is 10.1. The van der Waals surface area contributed by atoms with Crippen LogP contribution in [0.5, 0.6) is 0 Å². The van der Waals surface area contributed by atoms with E-state index in [0.29, 0.717) is 18.7 Å². The maximum atomic E-state index is 13.5. The Labute approximate surface area is 172 Å². The van der Waals surface area contributed by atoms with E-state index in [1.165, 1.54) is 0 Å². The summed E-state index contributed by atoms with van der Waals surface area (Å²) in [5.41, 5.74) is 10.5. The third-order valence-electron chi connectivity index (χ3n) is 5.86. The average molecular weight is 389 g/mol. The third-order valence-corrected chi connectivity index (χ3v) is 5.86. The summed E-state index contributed by atoms with van der Waals surface area (Å²) in [5.74, 6) is 0.0173. The number of carbonyl (C=O) groups is 1. The van der Waals surface area contributed by atoms with Crippen molar-refractivity contribution in [3.8, 4) is 16.9 Å². The molecule has 1 amide bonds. The van der Waals surface area contributed by atoms with Crippen LogP contribution in [0.4, 0.5) is 0 Å². The molecule has 1 saturated heterocycles. The molecule has 0 aliphatic carbocycles. The van der Waals surface area contributed by atoms with Gasteiger partial charge in [0, 0.05) is 30.9 Å². The number of likely N-dealkylation sites (tertiary alicyclic amines) is 1. The van der Waals surface area contributed by atoms with Gasteiger partial charge in [0.1, 0.15) is 5.69 Å². The monoisotopic (exact) mass is 388 g/mol. The van der Waals surface area contributed by atoms with Crippen LogP contribution >= 0.6 is 0 Å². The molecule has 4 rings (SSSR count). The van der Waals surface area contributed by atoms with Gasteiger partial charge in [0.2, 0.25) is 0 Å². The molecule has 5 nitrogen and oxygen atoms in total. The second-order valence-corrected chi connectivity index (χ2v) is 8.65. The summed E-state index contributed by atoms with van der Waals surface area (Å²) in [6.45, 7) is 7.63. The number of piperidine rings is 1. The lowest BCUT2D eigenvalue weighted by Gasteiger charge is -2.42. The van der Waals surface area contributed by atoms with E-state index >= 15 is 0 Å². The zero-order valence-electron chi connectivity index (χ0n) is 17.3. The first-order valence-electron chi connectivity index (χ1n) is 10.1. The fraction of sp³-hybridized carbons (Fsp3) is 0.333. The highest BCUT2D eigenvalue weighted by Crippen LogP contribution is 2.31. The summed E-state index contributed by atoms with van der Waals surface area (Å²) >= 11 is 0. The van der Waals surface area contributed by atoms with Crippen LogP contribution in [0, 0.1) is 12.3 Å². The Kier molecular flexibility index (Phi) is 5.01. The summed E-state index contributed by atoms with van der Waals surface area (Å²) in [6.07, 6.45) is 2.67. The number of nitrogens with zero attached hydrogens (tertiary/aromatic N) is 3. The van der Waals surface area contributed by atoms with Crippen molar-refractivity contribution in [2.75, 3.05) is 13.1 Å². The highest BCUT2D eigenvalue weighted by atomic mass is 16.2. The number of benzene rings is 2. The van der Waals surface area contributed by atoms with Gasteiger partial charge >= 0.3 is 0 Å². The molecule has 0 saturated carbocycles. The number of nitrogens with two attached hydrogens (primary N) is 1. The van der Waals surface area contributed by atoms with Gasteiger partial charge in [-0.15, -0.1) is 0 Å². The summed E-state index contributed by atoms with van der Waals surface area (Å²) in [5, 5.41) is 4.80. The van der Waals surface area contributed by atoms with Gasteiger partial charge in [-0.2, -0.15) is 5.10 Å². The smallest absolute Gasteiger partial charge is 0.257 e. The number of hydrogen-bond donors (Lipinski definition) is 1. The van der Waals surface area contributed by atoms with E-state index in [4.69, 9.17) is 10.8 Å². The van der Waals surface area contributed by atoms with Gasteiger partial charge in [-0.3, -0.25) is 4.79 Å². The van der Waals surface area contributed by atoms with E-state index < -0.39 is 0 Å². The largest absolute Gasteiger partial charge is 0.338 e. The van der Waals surface area contributed by atoms with Gasteiger partial charge in [-0.05, 0) is 37.0 Å². The Morgan fingerprint density at radius 2 is 1.90 bits per heavy atom. The van der Waals surface area contributed by atoms with Gasteiger partial charge in [0.15, 0.2) is 0 Å². The fourth-order valence-electron chi connectivity index (χ4n) is 3.97. The molecule has 1 atom stereocenters. The normalized spacial score (nSPS) is 18.6. The molecule has 2 aromatic carbocycles. The lowest BCUT2D eigenvalue weighted by Crippen LogP contribution is -2.54. The van der Waals surface area contributed by atoms with Gasteiger partial charge in [-0.1, -0.05) is 55.8 Å². The minimum absolute atomic E-state index is 0.0173. The van der Waals surface area contributed by atoms with E-state index in [-0.39, 0.29) is 17.4 Å². The van der Waals surface area contributed by atoms with E-state index in [1.54, 1.807) is 4.68 Å². The molecule has 29 heavy (non-hydrogen) atoms. The molecule has 1 aromatic heterocycles. The topological polar surface area (TPSA) is 64.2 Å². The van der Waals surface area contributed by atoms with Crippen molar-refractivity contribution in [2.24, 2.45) is 11.1 Å². The lowest BCUT2D eigenvalue weighted by molar-refractivity contribution is 0.0533. The first kappa shape index (κ1) is 19.4. The lowest BCUT2D eigenvalue weighted by atomic mass is 9.79. The van der Waals surface area contributed by atoms with Crippen LogP contribution < -0.4 is 5.73 Å². The SMILES string of the molecule is Cc1cccc(-c2nn(-c3ccccc3)cc2C(=O)N2CCC(N)C(C)(C)C2)c1.